The highest BCUT2D eigenvalue weighted by molar-refractivity contribution is 5.84. The zero-order valence-corrected chi connectivity index (χ0v) is 10.5. The maximum absolute atomic E-state index is 11.6. The van der Waals surface area contributed by atoms with E-state index in [1.54, 1.807) is 0 Å². The second kappa shape index (κ2) is 6.00. The third-order valence-corrected chi connectivity index (χ3v) is 3.12. The molecule has 0 heterocycles. The summed E-state index contributed by atoms with van der Waals surface area (Å²) < 4.78 is 0. The smallest absolute Gasteiger partial charge is 0.310 e. The average molecular weight is 243 g/mol. The lowest BCUT2D eigenvalue weighted by atomic mass is 9.82. The van der Waals surface area contributed by atoms with E-state index in [-0.39, 0.29) is 12.3 Å². The Hall–Kier alpha value is -1.10. The Balaban J connectivity index is 2.40. The molecule has 0 saturated heterocycles. The molecule has 2 N–H and O–H groups in total. The summed E-state index contributed by atoms with van der Waals surface area (Å²) in [5.41, 5.74) is 1.45. The summed E-state index contributed by atoms with van der Waals surface area (Å²) in [6, 6.07) is 0. The molecule has 0 radical (unpaired) electrons. The van der Waals surface area contributed by atoms with Crippen molar-refractivity contribution in [2.75, 3.05) is 6.61 Å². The molecular weight excluding hydrogens is 222 g/mol. The minimum absolute atomic E-state index is 0.0143. The third kappa shape index (κ3) is 4.00. The van der Waals surface area contributed by atoms with Gasteiger partial charge in [0, 0.05) is 6.42 Å². The highest BCUT2D eigenvalue weighted by Crippen LogP contribution is 2.41. The number of hydrogen-bond donors (Lipinski definition) is 2. The summed E-state index contributed by atoms with van der Waals surface area (Å²) >= 11 is 0. The van der Waals surface area contributed by atoms with Crippen LogP contribution in [0.1, 0.15) is 46.0 Å². The molecular formula is C12H21NO4. The minimum Gasteiger partial charge on any atom is -0.481 e. The van der Waals surface area contributed by atoms with Gasteiger partial charge in [0.2, 0.25) is 5.91 Å². The molecule has 98 valence electrons. The maximum Gasteiger partial charge on any atom is 0.310 e. The van der Waals surface area contributed by atoms with E-state index in [1.807, 2.05) is 13.8 Å². The second-order valence-corrected chi connectivity index (χ2v) is 5.20. The molecule has 5 heteroatoms. The van der Waals surface area contributed by atoms with Gasteiger partial charge in [0.05, 0.1) is 12.0 Å². The van der Waals surface area contributed by atoms with Crippen LogP contribution >= 0.6 is 0 Å². The fourth-order valence-corrected chi connectivity index (χ4v) is 2.15. The molecule has 1 fully saturated rings. The molecule has 1 rings (SSSR count). The van der Waals surface area contributed by atoms with Crippen LogP contribution in [0.25, 0.3) is 0 Å². The molecule has 0 atom stereocenters. The van der Waals surface area contributed by atoms with Crippen molar-refractivity contribution in [1.82, 2.24) is 5.48 Å². The maximum atomic E-state index is 11.6. The van der Waals surface area contributed by atoms with Gasteiger partial charge >= 0.3 is 5.97 Å². The average Bonchev–Trinajstić information content (AvgIpc) is 2.66. The number of carbonyl (C=O) groups excluding carboxylic acids is 1. The number of rotatable bonds is 6. The van der Waals surface area contributed by atoms with Crippen LogP contribution in [0.15, 0.2) is 0 Å². The molecule has 0 aromatic heterocycles. The number of carboxylic acids is 1. The summed E-state index contributed by atoms with van der Waals surface area (Å²) in [6.07, 6.45) is 2.94. The van der Waals surface area contributed by atoms with Crippen molar-refractivity contribution >= 4 is 11.9 Å². The van der Waals surface area contributed by atoms with Crippen LogP contribution in [-0.4, -0.2) is 23.6 Å². The third-order valence-electron chi connectivity index (χ3n) is 3.12. The Morgan fingerprint density at radius 2 is 1.94 bits per heavy atom. The Bertz CT molecular complexity index is 282. The monoisotopic (exact) mass is 243 g/mol. The molecule has 0 aliphatic heterocycles. The molecule has 1 saturated carbocycles. The van der Waals surface area contributed by atoms with Crippen LogP contribution in [0.4, 0.5) is 0 Å². The van der Waals surface area contributed by atoms with Gasteiger partial charge in [-0.25, -0.2) is 5.48 Å². The number of carbonyl (C=O) groups is 2. The van der Waals surface area contributed by atoms with Gasteiger partial charge in [-0.05, 0) is 18.8 Å². The van der Waals surface area contributed by atoms with Crippen molar-refractivity contribution in [3.8, 4) is 0 Å². The molecule has 1 aliphatic carbocycles. The predicted molar refractivity (Wildman–Crippen MR) is 62.1 cm³/mol. The fourth-order valence-electron chi connectivity index (χ4n) is 2.15. The first-order valence-electron chi connectivity index (χ1n) is 6.10. The van der Waals surface area contributed by atoms with Crippen LogP contribution < -0.4 is 5.48 Å². The van der Waals surface area contributed by atoms with E-state index in [0.717, 1.165) is 12.8 Å². The summed E-state index contributed by atoms with van der Waals surface area (Å²) in [6.45, 7) is 4.38. The summed E-state index contributed by atoms with van der Waals surface area (Å²) in [4.78, 5) is 27.8. The van der Waals surface area contributed by atoms with E-state index in [2.05, 4.69) is 5.48 Å². The first-order chi connectivity index (χ1) is 7.96. The van der Waals surface area contributed by atoms with Gasteiger partial charge < -0.3 is 5.11 Å². The highest BCUT2D eigenvalue weighted by atomic mass is 16.6. The first kappa shape index (κ1) is 14.0. The zero-order chi connectivity index (χ0) is 12.9. The van der Waals surface area contributed by atoms with Crippen molar-refractivity contribution in [3.05, 3.63) is 0 Å². The van der Waals surface area contributed by atoms with E-state index in [0.29, 0.717) is 25.4 Å². The predicted octanol–water partition coefficient (Wildman–Crippen LogP) is 1.73. The number of hydrogen-bond acceptors (Lipinski definition) is 3. The van der Waals surface area contributed by atoms with Gasteiger partial charge in [-0.15, -0.1) is 0 Å². The highest BCUT2D eigenvalue weighted by Gasteiger charge is 2.43. The second-order valence-electron chi connectivity index (χ2n) is 5.20. The Labute approximate surface area is 101 Å². The van der Waals surface area contributed by atoms with Gasteiger partial charge in [0.1, 0.15) is 0 Å². The molecule has 0 spiro atoms. The fraction of sp³-hybridized carbons (Fsp3) is 0.833. The van der Waals surface area contributed by atoms with Crippen LogP contribution in [0.2, 0.25) is 0 Å². The van der Waals surface area contributed by atoms with Crippen LogP contribution in [0.3, 0.4) is 0 Å². The van der Waals surface area contributed by atoms with Gasteiger partial charge in [0.15, 0.2) is 0 Å². The molecule has 0 unspecified atom stereocenters. The zero-order valence-electron chi connectivity index (χ0n) is 10.5. The quantitative estimate of drug-likeness (QED) is 0.696. The van der Waals surface area contributed by atoms with Gasteiger partial charge in [-0.1, -0.05) is 26.7 Å². The SMILES string of the molecule is CC(C)CONC(=O)CC1(C(=O)O)CCCC1. The molecule has 0 aromatic rings. The number of amides is 1. The lowest BCUT2D eigenvalue weighted by Gasteiger charge is -2.22. The van der Waals surface area contributed by atoms with Crippen molar-refractivity contribution in [2.24, 2.45) is 11.3 Å². The summed E-state index contributed by atoms with van der Waals surface area (Å²) in [7, 11) is 0. The lowest BCUT2D eigenvalue weighted by Crippen LogP contribution is -2.36. The van der Waals surface area contributed by atoms with Gasteiger partial charge in [-0.3, -0.25) is 14.4 Å². The molecule has 0 aromatic carbocycles. The van der Waals surface area contributed by atoms with Crippen LogP contribution in [-0.2, 0) is 14.4 Å². The Morgan fingerprint density at radius 1 is 1.35 bits per heavy atom. The Morgan fingerprint density at radius 3 is 2.41 bits per heavy atom. The van der Waals surface area contributed by atoms with Crippen molar-refractivity contribution in [1.29, 1.82) is 0 Å². The molecule has 0 bridgehead atoms. The summed E-state index contributed by atoms with van der Waals surface area (Å²) in [5.74, 6) is -0.876. The van der Waals surface area contributed by atoms with E-state index < -0.39 is 11.4 Å². The summed E-state index contributed by atoms with van der Waals surface area (Å²) in [5, 5.41) is 9.21. The standard InChI is InChI=1S/C12H21NO4/c1-9(2)8-17-13-10(14)7-12(11(15)16)5-3-4-6-12/h9H,3-8H2,1-2H3,(H,13,14)(H,15,16). The lowest BCUT2D eigenvalue weighted by molar-refractivity contribution is -0.154. The molecule has 1 aliphatic rings. The first-order valence-corrected chi connectivity index (χ1v) is 6.10. The molecule has 1 amide bonds. The van der Waals surface area contributed by atoms with Crippen molar-refractivity contribution in [2.45, 2.75) is 46.0 Å². The van der Waals surface area contributed by atoms with E-state index in [9.17, 15) is 14.7 Å². The number of nitrogens with one attached hydrogen (secondary N) is 1. The number of hydroxylamine groups is 1. The van der Waals surface area contributed by atoms with Gasteiger partial charge in [-0.2, -0.15) is 0 Å². The Kier molecular flexibility index (Phi) is 4.93. The van der Waals surface area contributed by atoms with E-state index in [1.165, 1.54) is 0 Å². The minimum atomic E-state index is -0.870. The van der Waals surface area contributed by atoms with E-state index >= 15 is 0 Å². The molecule has 17 heavy (non-hydrogen) atoms. The normalized spacial score (nSPS) is 18.3. The van der Waals surface area contributed by atoms with E-state index in [4.69, 9.17) is 4.84 Å². The van der Waals surface area contributed by atoms with Crippen molar-refractivity contribution in [3.63, 3.8) is 0 Å². The van der Waals surface area contributed by atoms with Gasteiger partial charge in [0.25, 0.3) is 0 Å². The van der Waals surface area contributed by atoms with Crippen LogP contribution in [0, 0.1) is 11.3 Å². The number of aliphatic carboxylic acids is 1. The number of carboxylic acid groups (broad SMARTS) is 1. The van der Waals surface area contributed by atoms with Crippen LogP contribution in [0.5, 0.6) is 0 Å². The topological polar surface area (TPSA) is 75.6 Å². The molecule has 5 nitrogen and oxygen atoms in total. The largest absolute Gasteiger partial charge is 0.481 e. The van der Waals surface area contributed by atoms with Crippen molar-refractivity contribution < 1.29 is 19.5 Å².